The molecule has 0 bridgehead atoms. The van der Waals surface area contributed by atoms with Crippen LogP contribution in [0.5, 0.6) is 11.5 Å². The van der Waals surface area contributed by atoms with Gasteiger partial charge in [0.1, 0.15) is 18.1 Å². The number of nitrogens with one attached hydrogen (secondary N) is 1. The van der Waals surface area contributed by atoms with Crippen LogP contribution in [0.2, 0.25) is 0 Å². The predicted molar refractivity (Wildman–Crippen MR) is 85.6 cm³/mol. The molecule has 0 aliphatic carbocycles. The summed E-state index contributed by atoms with van der Waals surface area (Å²) in [5, 5.41) is 2.71. The Morgan fingerprint density at radius 3 is 2.30 bits per heavy atom. The number of hydrogen-bond donors (Lipinski definition) is 1. The van der Waals surface area contributed by atoms with Crippen molar-refractivity contribution in [1.82, 2.24) is 10.2 Å². The second kappa shape index (κ2) is 10.4. The van der Waals surface area contributed by atoms with Gasteiger partial charge < -0.3 is 24.4 Å². The maximum Gasteiger partial charge on any atom is 0.239 e. The summed E-state index contributed by atoms with van der Waals surface area (Å²) in [4.78, 5) is 24.6. The van der Waals surface area contributed by atoms with Crippen molar-refractivity contribution in [3.8, 4) is 11.5 Å². The molecule has 1 N–H and O–H groups in total. The quantitative estimate of drug-likeness (QED) is 0.641. The Morgan fingerprint density at radius 1 is 1.09 bits per heavy atom. The van der Waals surface area contributed by atoms with Gasteiger partial charge in [-0.3, -0.25) is 9.59 Å². The zero-order chi connectivity index (χ0) is 17.1. The highest BCUT2D eigenvalue weighted by Gasteiger charge is 2.12. The van der Waals surface area contributed by atoms with Gasteiger partial charge in [-0.1, -0.05) is 0 Å². The largest absolute Gasteiger partial charge is 0.497 e. The van der Waals surface area contributed by atoms with Crippen LogP contribution in [0.4, 0.5) is 0 Å². The molecule has 1 aromatic rings. The molecule has 0 fully saturated rings. The molecule has 0 radical (unpaired) electrons. The summed E-state index contributed by atoms with van der Waals surface area (Å²) in [5.41, 5.74) is 0. The van der Waals surface area contributed by atoms with E-state index in [2.05, 4.69) is 5.32 Å². The van der Waals surface area contributed by atoms with Crippen LogP contribution in [0.1, 0.15) is 6.92 Å². The Kier molecular flexibility index (Phi) is 8.52. The van der Waals surface area contributed by atoms with Crippen molar-refractivity contribution >= 4 is 11.8 Å². The minimum atomic E-state index is -0.227. The molecule has 0 saturated heterocycles. The molecule has 128 valence electrons. The second-order valence-electron chi connectivity index (χ2n) is 4.81. The summed E-state index contributed by atoms with van der Waals surface area (Å²) in [5.74, 6) is 1.07. The average molecular weight is 324 g/mol. The van der Waals surface area contributed by atoms with E-state index in [9.17, 15) is 9.59 Å². The molecule has 0 aromatic heterocycles. The number of ether oxygens (including phenoxy) is 3. The Hall–Kier alpha value is -2.28. The topological polar surface area (TPSA) is 77.1 Å². The molecule has 7 heteroatoms. The lowest BCUT2D eigenvalue weighted by Gasteiger charge is -2.20. The third kappa shape index (κ3) is 7.51. The Morgan fingerprint density at radius 2 is 1.74 bits per heavy atom. The molecule has 0 atom stereocenters. The maximum atomic E-state index is 11.8. The summed E-state index contributed by atoms with van der Waals surface area (Å²) < 4.78 is 15.5. The molecule has 0 spiro atoms. The number of benzene rings is 1. The van der Waals surface area contributed by atoms with Crippen LogP contribution in [0, 0.1) is 0 Å². The van der Waals surface area contributed by atoms with E-state index in [4.69, 9.17) is 14.2 Å². The fraction of sp³-hybridized carbons (Fsp3) is 0.500. The monoisotopic (exact) mass is 324 g/mol. The van der Waals surface area contributed by atoms with Crippen LogP contribution in [-0.2, 0) is 14.3 Å². The number of methoxy groups -OCH3 is 2. The molecule has 7 nitrogen and oxygen atoms in total. The third-order valence-corrected chi connectivity index (χ3v) is 3.10. The van der Waals surface area contributed by atoms with Gasteiger partial charge >= 0.3 is 0 Å². The zero-order valence-corrected chi connectivity index (χ0v) is 13.8. The summed E-state index contributed by atoms with van der Waals surface area (Å²) in [6.07, 6.45) is 0. The minimum absolute atomic E-state index is 0.0151. The van der Waals surface area contributed by atoms with Gasteiger partial charge in [0.15, 0.2) is 0 Å². The molecular formula is C16H24N2O5. The predicted octanol–water partition coefficient (Wildman–Crippen LogP) is 0.685. The fourth-order valence-corrected chi connectivity index (χ4v) is 1.81. The van der Waals surface area contributed by atoms with Gasteiger partial charge in [0, 0.05) is 20.6 Å². The van der Waals surface area contributed by atoms with E-state index in [1.54, 1.807) is 38.5 Å². The van der Waals surface area contributed by atoms with E-state index in [1.807, 2.05) is 0 Å². The highest BCUT2D eigenvalue weighted by atomic mass is 16.5. The standard InChI is InChI=1S/C16H24N2O5/c1-13(19)18(9-11-21-2)12-16(20)17-8-10-23-15-6-4-14(22-3)5-7-15/h4-7H,8-12H2,1-3H3,(H,17,20). The molecule has 1 aromatic carbocycles. The number of rotatable bonds is 10. The first-order valence-corrected chi connectivity index (χ1v) is 7.34. The molecule has 23 heavy (non-hydrogen) atoms. The fourth-order valence-electron chi connectivity index (χ4n) is 1.81. The van der Waals surface area contributed by atoms with Crippen LogP contribution in [0.25, 0.3) is 0 Å². The van der Waals surface area contributed by atoms with E-state index in [1.165, 1.54) is 11.8 Å². The van der Waals surface area contributed by atoms with Gasteiger partial charge in [-0.2, -0.15) is 0 Å². The minimum Gasteiger partial charge on any atom is -0.497 e. The highest BCUT2D eigenvalue weighted by molar-refractivity contribution is 5.83. The zero-order valence-electron chi connectivity index (χ0n) is 13.8. The van der Waals surface area contributed by atoms with Crippen molar-refractivity contribution in [2.24, 2.45) is 0 Å². The van der Waals surface area contributed by atoms with Crippen molar-refractivity contribution in [3.05, 3.63) is 24.3 Å². The average Bonchev–Trinajstić information content (AvgIpc) is 2.55. The lowest BCUT2D eigenvalue weighted by atomic mass is 10.3. The smallest absolute Gasteiger partial charge is 0.239 e. The second-order valence-corrected chi connectivity index (χ2v) is 4.81. The van der Waals surface area contributed by atoms with Crippen molar-refractivity contribution in [2.75, 3.05) is 47.1 Å². The third-order valence-electron chi connectivity index (χ3n) is 3.10. The Balaban J connectivity index is 2.25. The van der Waals surface area contributed by atoms with Crippen LogP contribution in [0.15, 0.2) is 24.3 Å². The molecule has 1 rings (SSSR count). The molecule has 0 aliphatic rings. The van der Waals surface area contributed by atoms with Gasteiger partial charge in [0.25, 0.3) is 0 Å². The van der Waals surface area contributed by atoms with Crippen LogP contribution in [0.3, 0.4) is 0 Å². The SMILES string of the molecule is COCCN(CC(=O)NCCOc1ccc(OC)cc1)C(C)=O. The van der Waals surface area contributed by atoms with E-state index in [0.717, 1.165) is 5.75 Å². The lowest BCUT2D eigenvalue weighted by molar-refractivity contribution is -0.134. The lowest BCUT2D eigenvalue weighted by Crippen LogP contribution is -2.42. The van der Waals surface area contributed by atoms with E-state index < -0.39 is 0 Å². The first kappa shape index (κ1) is 18.8. The first-order chi connectivity index (χ1) is 11.1. The van der Waals surface area contributed by atoms with Crippen molar-refractivity contribution in [3.63, 3.8) is 0 Å². The number of carbonyl (C=O) groups excluding carboxylic acids is 2. The molecule has 2 amide bonds. The highest BCUT2D eigenvalue weighted by Crippen LogP contribution is 2.16. The first-order valence-electron chi connectivity index (χ1n) is 7.34. The van der Waals surface area contributed by atoms with E-state index in [0.29, 0.717) is 32.1 Å². The van der Waals surface area contributed by atoms with E-state index in [-0.39, 0.29) is 18.4 Å². The molecule has 0 heterocycles. The van der Waals surface area contributed by atoms with Crippen molar-refractivity contribution < 1.29 is 23.8 Å². The van der Waals surface area contributed by atoms with E-state index >= 15 is 0 Å². The Labute approximate surface area is 136 Å². The summed E-state index contributed by atoms with van der Waals surface area (Å²) in [6, 6.07) is 7.19. The van der Waals surface area contributed by atoms with Crippen LogP contribution in [-0.4, -0.2) is 63.8 Å². The number of hydrogen-bond acceptors (Lipinski definition) is 5. The van der Waals surface area contributed by atoms with Gasteiger partial charge in [-0.05, 0) is 24.3 Å². The van der Waals surface area contributed by atoms with Gasteiger partial charge in [-0.25, -0.2) is 0 Å². The number of carbonyl (C=O) groups is 2. The summed E-state index contributed by atoms with van der Waals surface area (Å²) in [6.45, 7) is 2.93. The molecular weight excluding hydrogens is 300 g/mol. The molecule has 0 unspecified atom stereocenters. The van der Waals surface area contributed by atoms with Crippen molar-refractivity contribution in [2.45, 2.75) is 6.92 Å². The summed E-state index contributed by atoms with van der Waals surface area (Å²) >= 11 is 0. The van der Waals surface area contributed by atoms with Crippen LogP contribution < -0.4 is 14.8 Å². The molecule has 0 aliphatic heterocycles. The van der Waals surface area contributed by atoms with Crippen LogP contribution >= 0.6 is 0 Å². The van der Waals surface area contributed by atoms with Crippen molar-refractivity contribution in [1.29, 1.82) is 0 Å². The maximum absolute atomic E-state index is 11.8. The molecule has 0 saturated carbocycles. The summed E-state index contributed by atoms with van der Waals surface area (Å²) in [7, 11) is 3.15. The van der Waals surface area contributed by atoms with Gasteiger partial charge in [0.05, 0.1) is 26.8 Å². The van der Waals surface area contributed by atoms with Gasteiger partial charge in [0.2, 0.25) is 11.8 Å². The normalized spacial score (nSPS) is 10.0. The van der Waals surface area contributed by atoms with Gasteiger partial charge in [-0.15, -0.1) is 0 Å². The number of amides is 2. The number of nitrogens with zero attached hydrogens (tertiary/aromatic N) is 1. The Bertz CT molecular complexity index is 490.